The highest BCUT2D eigenvalue weighted by molar-refractivity contribution is 8.18. The Labute approximate surface area is 168 Å². The number of carbonyl (C=O) groups is 3. The van der Waals surface area contributed by atoms with E-state index in [1.54, 1.807) is 30.3 Å². The van der Waals surface area contributed by atoms with Gasteiger partial charge in [-0.05, 0) is 42.1 Å². The molecule has 29 heavy (non-hydrogen) atoms. The van der Waals surface area contributed by atoms with Crippen LogP contribution in [0.5, 0.6) is 11.5 Å². The third kappa shape index (κ3) is 4.93. The zero-order chi connectivity index (χ0) is 21.0. The van der Waals surface area contributed by atoms with Crippen LogP contribution in [0.1, 0.15) is 15.9 Å². The summed E-state index contributed by atoms with van der Waals surface area (Å²) in [5, 5.41) is 30.2. The molecule has 10 heteroatoms. The Bertz CT molecular complexity index is 1060. The lowest BCUT2D eigenvalue weighted by molar-refractivity contribution is -0.139. The number of nitrogens with zero attached hydrogens (tertiary/aromatic N) is 1. The second kappa shape index (κ2) is 8.48. The minimum absolute atomic E-state index is 0.229. The maximum absolute atomic E-state index is 12.2. The minimum Gasteiger partial charge on any atom is -0.507 e. The summed E-state index contributed by atoms with van der Waals surface area (Å²) in [5.74, 6) is -2.91. The fraction of sp³-hybridized carbons (Fsp3) is 0.0526. The van der Waals surface area contributed by atoms with Gasteiger partial charge in [0.15, 0.2) is 11.8 Å². The number of carbonyl (C=O) groups excluding carboxylic acids is 1. The average Bonchev–Trinajstić information content (AvgIpc) is 3.01. The number of amides is 1. The number of nitrogens with one attached hydrogen (secondary N) is 1. The predicted molar refractivity (Wildman–Crippen MR) is 105 cm³/mol. The van der Waals surface area contributed by atoms with Gasteiger partial charge in [-0.1, -0.05) is 18.2 Å². The van der Waals surface area contributed by atoms with Gasteiger partial charge in [-0.15, -0.1) is 0 Å². The van der Waals surface area contributed by atoms with Gasteiger partial charge in [0.1, 0.15) is 17.1 Å². The van der Waals surface area contributed by atoms with Crippen LogP contribution in [-0.2, 0) is 9.59 Å². The highest BCUT2D eigenvalue weighted by Gasteiger charge is 2.24. The van der Waals surface area contributed by atoms with E-state index in [0.717, 1.165) is 11.8 Å². The van der Waals surface area contributed by atoms with Gasteiger partial charge in [-0.2, -0.15) is 0 Å². The van der Waals surface area contributed by atoms with Gasteiger partial charge in [0.25, 0.3) is 5.91 Å². The van der Waals surface area contributed by atoms with E-state index >= 15 is 0 Å². The zero-order valence-corrected chi connectivity index (χ0v) is 15.5. The van der Waals surface area contributed by atoms with Crippen LogP contribution < -0.4 is 10.1 Å². The number of benzene rings is 2. The van der Waals surface area contributed by atoms with Crippen molar-refractivity contribution >= 4 is 46.5 Å². The lowest BCUT2D eigenvalue weighted by Gasteiger charge is -2.06. The number of thioether (sulfide) groups is 1. The third-order valence-electron chi connectivity index (χ3n) is 3.65. The van der Waals surface area contributed by atoms with Gasteiger partial charge in [0.05, 0.1) is 10.6 Å². The maximum Gasteiger partial charge on any atom is 0.341 e. The predicted octanol–water partition coefficient (Wildman–Crippen LogP) is 2.45. The Morgan fingerprint density at radius 1 is 1.17 bits per heavy atom. The van der Waals surface area contributed by atoms with E-state index in [1.165, 1.54) is 18.2 Å². The first-order valence-corrected chi connectivity index (χ1v) is 8.94. The van der Waals surface area contributed by atoms with Crippen LogP contribution in [-0.4, -0.2) is 44.9 Å². The van der Waals surface area contributed by atoms with Crippen LogP contribution in [0.2, 0.25) is 0 Å². The summed E-state index contributed by atoms with van der Waals surface area (Å²) >= 11 is 1.03. The largest absolute Gasteiger partial charge is 0.507 e. The van der Waals surface area contributed by atoms with Crippen molar-refractivity contribution in [1.29, 1.82) is 0 Å². The molecule has 0 bridgehead atoms. The number of para-hydroxylation sites is 1. The number of rotatable bonds is 6. The van der Waals surface area contributed by atoms with Crippen molar-refractivity contribution in [2.24, 2.45) is 4.99 Å². The fourth-order valence-electron chi connectivity index (χ4n) is 2.37. The van der Waals surface area contributed by atoms with Crippen molar-refractivity contribution in [3.63, 3.8) is 0 Å². The second-order valence-electron chi connectivity index (χ2n) is 5.71. The van der Waals surface area contributed by atoms with Gasteiger partial charge < -0.3 is 25.4 Å². The van der Waals surface area contributed by atoms with Crippen LogP contribution >= 0.6 is 11.8 Å². The highest BCUT2D eigenvalue weighted by atomic mass is 32.2. The van der Waals surface area contributed by atoms with Crippen molar-refractivity contribution in [2.45, 2.75) is 0 Å². The van der Waals surface area contributed by atoms with Gasteiger partial charge in [-0.3, -0.25) is 4.79 Å². The molecule has 0 atom stereocenters. The van der Waals surface area contributed by atoms with Crippen LogP contribution in [0.15, 0.2) is 52.4 Å². The molecule has 1 aliphatic rings. The van der Waals surface area contributed by atoms with Gasteiger partial charge >= 0.3 is 11.9 Å². The minimum atomic E-state index is -1.30. The fourth-order valence-corrected chi connectivity index (χ4v) is 3.21. The Morgan fingerprint density at radius 2 is 1.93 bits per heavy atom. The van der Waals surface area contributed by atoms with Crippen molar-refractivity contribution in [1.82, 2.24) is 5.32 Å². The van der Waals surface area contributed by atoms with Gasteiger partial charge in [0.2, 0.25) is 0 Å². The summed E-state index contributed by atoms with van der Waals surface area (Å²) < 4.78 is 5.22. The first kappa shape index (κ1) is 20.0. The first-order valence-electron chi connectivity index (χ1n) is 8.13. The smallest absolute Gasteiger partial charge is 0.341 e. The van der Waals surface area contributed by atoms with Gasteiger partial charge in [0, 0.05) is 5.56 Å². The van der Waals surface area contributed by atoms with Crippen LogP contribution in [0.4, 0.5) is 5.69 Å². The number of aliphatic imine (C=N–C) groups is 1. The average molecular weight is 414 g/mol. The first-order chi connectivity index (χ1) is 13.8. The molecule has 2 aromatic rings. The highest BCUT2D eigenvalue weighted by Crippen LogP contribution is 2.31. The molecule has 1 amide bonds. The molecular formula is C19H14N2O7S. The quantitative estimate of drug-likeness (QED) is 0.527. The van der Waals surface area contributed by atoms with E-state index in [1.807, 2.05) is 0 Å². The zero-order valence-electron chi connectivity index (χ0n) is 14.7. The van der Waals surface area contributed by atoms with Crippen LogP contribution in [0.25, 0.3) is 6.08 Å². The summed E-state index contributed by atoms with van der Waals surface area (Å²) in [6.45, 7) is -0.515. The Balaban J connectivity index is 1.84. The van der Waals surface area contributed by atoms with E-state index in [0.29, 0.717) is 16.2 Å². The molecule has 0 unspecified atom stereocenters. The number of hydrogen-bond acceptors (Lipinski definition) is 7. The number of aromatic carboxylic acids is 1. The molecule has 1 aliphatic heterocycles. The molecule has 1 heterocycles. The number of hydrogen-bond donors (Lipinski definition) is 4. The van der Waals surface area contributed by atoms with Gasteiger partial charge in [-0.25, -0.2) is 14.6 Å². The van der Waals surface area contributed by atoms with E-state index in [-0.39, 0.29) is 22.2 Å². The Kier molecular flexibility index (Phi) is 5.84. The lowest BCUT2D eigenvalue weighted by atomic mass is 10.2. The van der Waals surface area contributed by atoms with Crippen LogP contribution in [0.3, 0.4) is 0 Å². The van der Waals surface area contributed by atoms with Crippen molar-refractivity contribution in [3.8, 4) is 11.5 Å². The van der Waals surface area contributed by atoms with E-state index in [9.17, 15) is 19.5 Å². The standard InChI is InChI=1S/C19H14N2O7S/c22-13-6-5-11(8-12(13)18(26)27)20-19-21-17(25)15(29-19)7-10-3-1-2-4-14(10)28-9-16(23)24/h1-8,22H,9H2,(H,23,24)(H,26,27)(H,20,21,25)/b15-7-. The summed E-state index contributed by atoms with van der Waals surface area (Å²) in [4.78, 5) is 38.5. The van der Waals surface area contributed by atoms with E-state index in [2.05, 4.69) is 10.3 Å². The Hall–Kier alpha value is -3.79. The molecule has 0 radical (unpaired) electrons. The number of phenols is 1. The molecule has 0 saturated carbocycles. The molecule has 1 fully saturated rings. The van der Waals surface area contributed by atoms with E-state index < -0.39 is 24.5 Å². The number of aromatic hydroxyl groups is 1. The van der Waals surface area contributed by atoms with E-state index in [4.69, 9.17) is 14.9 Å². The molecule has 0 spiro atoms. The lowest BCUT2D eigenvalue weighted by Crippen LogP contribution is -2.19. The molecule has 2 aromatic carbocycles. The molecular weight excluding hydrogens is 400 g/mol. The summed E-state index contributed by atoms with van der Waals surface area (Å²) in [7, 11) is 0. The van der Waals surface area contributed by atoms with Crippen molar-refractivity contribution in [3.05, 3.63) is 58.5 Å². The normalized spacial score (nSPS) is 16.1. The topological polar surface area (TPSA) is 146 Å². The Morgan fingerprint density at radius 3 is 2.66 bits per heavy atom. The monoisotopic (exact) mass is 414 g/mol. The number of carboxylic acid groups (broad SMARTS) is 2. The number of aliphatic carboxylic acids is 1. The molecule has 1 saturated heterocycles. The van der Waals surface area contributed by atoms with Crippen LogP contribution in [0, 0.1) is 0 Å². The number of carboxylic acids is 2. The maximum atomic E-state index is 12.2. The molecule has 4 N–H and O–H groups in total. The SMILES string of the molecule is O=C(O)COc1ccccc1/C=C1\SC(=Nc2ccc(O)c(C(=O)O)c2)NC1=O. The molecule has 9 nitrogen and oxygen atoms in total. The summed E-state index contributed by atoms with van der Waals surface area (Å²) in [5.41, 5.74) is 0.460. The molecule has 0 aromatic heterocycles. The van der Waals surface area contributed by atoms with Crippen molar-refractivity contribution < 1.29 is 34.4 Å². The number of ether oxygens (including phenoxy) is 1. The number of amidine groups is 1. The second-order valence-corrected chi connectivity index (χ2v) is 6.74. The molecule has 3 rings (SSSR count). The van der Waals surface area contributed by atoms with Crippen molar-refractivity contribution in [2.75, 3.05) is 6.61 Å². The third-order valence-corrected chi connectivity index (χ3v) is 4.56. The summed E-state index contributed by atoms with van der Waals surface area (Å²) in [6.07, 6.45) is 1.54. The molecule has 148 valence electrons. The molecule has 0 aliphatic carbocycles. The summed E-state index contributed by atoms with van der Waals surface area (Å²) in [6, 6.07) is 10.5.